The van der Waals surface area contributed by atoms with Gasteiger partial charge in [0.2, 0.25) is 16.4 Å². The maximum atomic E-state index is 12.0. The molecule has 0 spiro atoms. The van der Waals surface area contributed by atoms with Crippen LogP contribution in [0.25, 0.3) is 0 Å². The van der Waals surface area contributed by atoms with E-state index in [1.807, 2.05) is 0 Å². The van der Waals surface area contributed by atoms with Crippen molar-refractivity contribution in [3.63, 3.8) is 0 Å². The summed E-state index contributed by atoms with van der Waals surface area (Å²) < 4.78 is 30.8. The van der Waals surface area contributed by atoms with E-state index in [-0.39, 0.29) is 17.3 Å². The number of sulfonamides is 1. The van der Waals surface area contributed by atoms with Crippen LogP contribution in [0.4, 0.5) is 5.69 Å². The van der Waals surface area contributed by atoms with Gasteiger partial charge in [-0.05, 0) is 30.7 Å². The smallest absolute Gasteiger partial charge is 0.240 e. The Morgan fingerprint density at radius 2 is 2.22 bits per heavy atom. The van der Waals surface area contributed by atoms with Crippen LogP contribution in [-0.2, 0) is 16.6 Å². The first-order valence-electron chi connectivity index (χ1n) is 5.10. The molecule has 1 aromatic carbocycles. The van der Waals surface area contributed by atoms with Gasteiger partial charge < -0.3 is 10.3 Å². The van der Waals surface area contributed by atoms with E-state index in [1.54, 1.807) is 13.0 Å². The molecule has 0 saturated carbocycles. The fourth-order valence-corrected chi connectivity index (χ4v) is 2.39. The molecule has 0 radical (unpaired) electrons. The summed E-state index contributed by atoms with van der Waals surface area (Å²) in [6.07, 6.45) is 1.14. The summed E-state index contributed by atoms with van der Waals surface area (Å²) in [5, 5.41) is 3.51. The van der Waals surface area contributed by atoms with E-state index in [2.05, 4.69) is 19.4 Å². The molecule has 0 aliphatic carbocycles. The van der Waals surface area contributed by atoms with Gasteiger partial charge in [0.1, 0.15) is 0 Å². The number of aromatic nitrogens is 2. The Labute approximate surface area is 104 Å². The number of anilines is 1. The molecular weight excluding hydrogens is 256 g/mol. The van der Waals surface area contributed by atoms with Crippen LogP contribution in [0.2, 0.25) is 0 Å². The Morgan fingerprint density at radius 1 is 1.44 bits per heavy atom. The Balaban J connectivity index is 2.17. The fraction of sp³-hybridized carbons (Fsp3) is 0.200. The highest BCUT2D eigenvalue weighted by atomic mass is 32.2. The van der Waals surface area contributed by atoms with E-state index in [9.17, 15) is 8.42 Å². The lowest BCUT2D eigenvalue weighted by Crippen LogP contribution is -2.23. The van der Waals surface area contributed by atoms with Gasteiger partial charge in [0.05, 0.1) is 11.4 Å². The number of nitrogens with one attached hydrogen (secondary N) is 1. The summed E-state index contributed by atoms with van der Waals surface area (Å²) >= 11 is 0. The Morgan fingerprint density at radius 3 is 2.83 bits per heavy atom. The van der Waals surface area contributed by atoms with Gasteiger partial charge in [-0.25, -0.2) is 13.1 Å². The molecule has 8 heteroatoms. The van der Waals surface area contributed by atoms with Crippen LogP contribution in [0.3, 0.4) is 0 Å². The monoisotopic (exact) mass is 268 g/mol. The van der Waals surface area contributed by atoms with E-state index >= 15 is 0 Å². The molecule has 7 nitrogen and oxygen atoms in total. The lowest BCUT2D eigenvalue weighted by atomic mass is 10.2. The molecule has 96 valence electrons. The topological polar surface area (TPSA) is 111 Å². The second-order valence-corrected chi connectivity index (χ2v) is 5.46. The molecular formula is C10H12N4O3S. The third-order valence-corrected chi connectivity index (χ3v) is 3.78. The summed E-state index contributed by atoms with van der Waals surface area (Å²) in [6.45, 7) is 1.72. The Hall–Kier alpha value is -1.93. The maximum absolute atomic E-state index is 12.0. The molecule has 0 atom stereocenters. The van der Waals surface area contributed by atoms with Gasteiger partial charge in [0.25, 0.3) is 0 Å². The maximum Gasteiger partial charge on any atom is 0.240 e. The summed E-state index contributed by atoms with van der Waals surface area (Å²) in [4.78, 5) is 3.87. The van der Waals surface area contributed by atoms with Crippen molar-refractivity contribution >= 4 is 15.7 Å². The van der Waals surface area contributed by atoms with Crippen molar-refractivity contribution in [3.05, 3.63) is 36.0 Å². The van der Waals surface area contributed by atoms with E-state index < -0.39 is 10.0 Å². The van der Waals surface area contributed by atoms with Gasteiger partial charge in [-0.1, -0.05) is 5.16 Å². The van der Waals surface area contributed by atoms with Crippen molar-refractivity contribution < 1.29 is 12.9 Å². The standard InChI is InChI=1S/C10H12N4O3S/c1-7-4-8(2-3-9(7)11)18(15,16)13-5-10-12-6-17-14-10/h2-4,6,13H,5,11H2,1H3. The van der Waals surface area contributed by atoms with Gasteiger partial charge in [-0.2, -0.15) is 4.98 Å². The molecule has 0 unspecified atom stereocenters. The van der Waals surface area contributed by atoms with Crippen LogP contribution < -0.4 is 10.5 Å². The average molecular weight is 268 g/mol. The molecule has 3 N–H and O–H groups in total. The molecule has 1 heterocycles. The third-order valence-electron chi connectivity index (χ3n) is 2.38. The predicted octanol–water partition coefficient (Wildman–Crippen LogP) is 0.439. The van der Waals surface area contributed by atoms with Crippen molar-refractivity contribution in [2.75, 3.05) is 5.73 Å². The van der Waals surface area contributed by atoms with Crippen LogP contribution in [0.15, 0.2) is 34.0 Å². The van der Waals surface area contributed by atoms with Crippen LogP contribution >= 0.6 is 0 Å². The SMILES string of the molecule is Cc1cc(S(=O)(=O)NCc2ncon2)ccc1N. The van der Waals surface area contributed by atoms with Gasteiger partial charge in [0.15, 0.2) is 5.82 Å². The lowest BCUT2D eigenvalue weighted by molar-refractivity contribution is 0.409. The molecule has 0 amide bonds. The van der Waals surface area contributed by atoms with E-state index in [0.717, 1.165) is 6.39 Å². The fourth-order valence-electron chi connectivity index (χ4n) is 1.33. The largest absolute Gasteiger partial charge is 0.399 e. The van der Waals surface area contributed by atoms with Crippen LogP contribution in [0.1, 0.15) is 11.4 Å². The second kappa shape index (κ2) is 4.75. The minimum absolute atomic E-state index is 0.0255. The molecule has 18 heavy (non-hydrogen) atoms. The predicted molar refractivity (Wildman–Crippen MR) is 63.9 cm³/mol. The number of hydrogen-bond acceptors (Lipinski definition) is 6. The first-order valence-corrected chi connectivity index (χ1v) is 6.58. The van der Waals surface area contributed by atoms with Gasteiger partial charge in [-0.3, -0.25) is 0 Å². The zero-order valence-electron chi connectivity index (χ0n) is 9.62. The molecule has 0 saturated heterocycles. The molecule has 1 aromatic heterocycles. The van der Waals surface area contributed by atoms with E-state index in [4.69, 9.17) is 5.73 Å². The highest BCUT2D eigenvalue weighted by Crippen LogP contribution is 2.16. The molecule has 0 fully saturated rings. The molecule has 0 bridgehead atoms. The summed E-state index contributed by atoms with van der Waals surface area (Å²) in [6, 6.07) is 4.51. The third kappa shape index (κ3) is 2.66. The van der Waals surface area contributed by atoms with Gasteiger partial charge >= 0.3 is 0 Å². The number of nitrogens with zero attached hydrogens (tertiary/aromatic N) is 2. The van der Waals surface area contributed by atoms with Crippen molar-refractivity contribution in [1.82, 2.24) is 14.9 Å². The highest BCUT2D eigenvalue weighted by Gasteiger charge is 2.15. The van der Waals surface area contributed by atoms with E-state index in [1.165, 1.54) is 12.1 Å². The highest BCUT2D eigenvalue weighted by molar-refractivity contribution is 7.89. The van der Waals surface area contributed by atoms with Crippen LogP contribution in [0, 0.1) is 6.92 Å². The average Bonchev–Trinajstić information content (AvgIpc) is 2.83. The number of benzene rings is 1. The number of aryl methyl sites for hydroxylation is 1. The lowest BCUT2D eigenvalue weighted by Gasteiger charge is -2.07. The van der Waals surface area contributed by atoms with Crippen molar-refractivity contribution in [2.24, 2.45) is 0 Å². The van der Waals surface area contributed by atoms with Crippen molar-refractivity contribution in [3.8, 4) is 0 Å². The number of rotatable bonds is 4. The minimum atomic E-state index is -3.60. The van der Waals surface area contributed by atoms with Gasteiger partial charge in [0, 0.05) is 5.69 Å². The summed E-state index contributed by atoms with van der Waals surface area (Å²) in [5.41, 5.74) is 6.89. The van der Waals surface area contributed by atoms with E-state index in [0.29, 0.717) is 11.3 Å². The number of nitrogens with two attached hydrogens (primary N) is 1. The zero-order valence-corrected chi connectivity index (χ0v) is 10.4. The number of nitrogen functional groups attached to an aromatic ring is 1. The number of hydrogen-bond donors (Lipinski definition) is 2. The van der Waals surface area contributed by atoms with Crippen molar-refractivity contribution in [2.45, 2.75) is 18.4 Å². The summed E-state index contributed by atoms with van der Waals surface area (Å²) in [5.74, 6) is 0.269. The van der Waals surface area contributed by atoms with Gasteiger partial charge in [-0.15, -0.1) is 0 Å². The van der Waals surface area contributed by atoms with Crippen LogP contribution in [0.5, 0.6) is 0 Å². The first-order chi connectivity index (χ1) is 8.49. The van der Waals surface area contributed by atoms with Crippen LogP contribution in [-0.4, -0.2) is 18.6 Å². The minimum Gasteiger partial charge on any atom is -0.399 e. The zero-order chi connectivity index (χ0) is 13.2. The van der Waals surface area contributed by atoms with Crippen molar-refractivity contribution in [1.29, 1.82) is 0 Å². The molecule has 0 aliphatic heterocycles. The molecule has 0 aliphatic rings. The Kier molecular flexibility index (Phi) is 3.30. The molecule has 2 rings (SSSR count). The Bertz CT molecular complexity index is 637. The quantitative estimate of drug-likeness (QED) is 0.778. The molecule has 2 aromatic rings. The summed E-state index contributed by atoms with van der Waals surface area (Å²) in [7, 11) is -3.60. The normalized spacial score (nSPS) is 11.6. The first kappa shape index (κ1) is 12.5. The second-order valence-electron chi connectivity index (χ2n) is 3.69.